The molecule has 1 fully saturated rings. The van der Waals surface area contributed by atoms with Gasteiger partial charge in [-0.15, -0.1) is 0 Å². The number of nitrogens with one attached hydrogen (secondary N) is 4. The van der Waals surface area contributed by atoms with Gasteiger partial charge < -0.3 is 21.3 Å². The van der Waals surface area contributed by atoms with E-state index < -0.39 is 0 Å². The first-order chi connectivity index (χ1) is 13.5. The lowest BCUT2D eigenvalue weighted by molar-refractivity contribution is 0.225. The summed E-state index contributed by atoms with van der Waals surface area (Å²) in [5.74, 6) is 0. The summed E-state index contributed by atoms with van der Waals surface area (Å²) < 4.78 is 0. The van der Waals surface area contributed by atoms with Gasteiger partial charge in [0, 0.05) is 21.4 Å². The summed E-state index contributed by atoms with van der Waals surface area (Å²) in [6, 6.07) is 12.9. The average Bonchev–Trinajstić information content (AvgIpc) is 2.63. The van der Waals surface area contributed by atoms with Crippen LogP contribution in [0, 0.1) is 0 Å². The lowest BCUT2D eigenvalue weighted by Crippen LogP contribution is -2.54. The molecule has 0 aliphatic heterocycles. The largest absolute Gasteiger partial charge is 0.333 e. The fourth-order valence-electron chi connectivity index (χ4n) is 3.28. The lowest BCUT2D eigenvalue weighted by atomic mass is 9.90. The highest BCUT2D eigenvalue weighted by atomic mass is 35.5. The molecule has 3 rings (SSSR count). The van der Waals surface area contributed by atoms with Crippen LogP contribution in [-0.2, 0) is 0 Å². The zero-order chi connectivity index (χ0) is 19.9. The van der Waals surface area contributed by atoms with Gasteiger partial charge in [0.2, 0.25) is 0 Å². The number of anilines is 2. The van der Waals surface area contributed by atoms with Gasteiger partial charge in [0.15, 0.2) is 0 Å². The Morgan fingerprint density at radius 3 is 1.57 bits per heavy atom. The number of carbonyl (C=O) groups excluding carboxylic acids is 2. The molecule has 1 aliphatic rings. The van der Waals surface area contributed by atoms with Crippen molar-refractivity contribution < 1.29 is 9.59 Å². The second-order valence-corrected chi connectivity index (χ2v) is 7.59. The van der Waals surface area contributed by atoms with Crippen LogP contribution < -0.4 is 21.3 Å². The highest BCUT2D eigenvalue weighted by Crippen LogP contribution is 2.20. The number of carbonyl (C=O) groups is 2. The molecule has 0 saturated heterocycles. The molecule has 6 nitrogen and oxygen atoms in total. The van der Waals surface area contributed by atoms with Crippen LogP contribution in [0.25, 0.3) is 0 Å². The molecule has 0 radical (unpaired) electrons. The smallest absolute Gasteiger partial charge is 0.319 e. The van der Waals surface area contributed by atoms with Crippen molar-refractivity contribution >= 4 is 46.6 Å². The van der Waals surface area contributed by atoms with E-state index in [0.717, 1.165) is 25.7 Å². The fraction of sp³-hybridized carbons (Fsp3) is 0.300. The molecule has 0 heterocycles. The zero-order valence-corrected chi connectivity index (χ0v) is 16.7. The van der Waals surface area contributed by atoms with Gasteiger partial charge in [-0.3, -0.25) is 0 Å². The number of hydrogen-bond acceptors (Lipinski definition) is 2. The van der Waals surface area contributed by atoms with Crippen molar-refractivity contribution in [2.45, 2.75) is 37.8 Å². The number of rotatable bonds is 4. The van der Waals surface area contributed by atoms with Gasteiger partial charge in [-0.05, 0) is 49.2 Å². The van der Waals surface area contributed by atoms with Gasteiger partial charge in [0.25, 0.3) is 0 Å². The summed E-state index contributed by atoms with van der Waals surface area (Å²) in [5, 5.41) is 12.6. The van der Waals surface area contributed by atoms with Crippen LogP contribution in [0.5, 0.6) is 0 Å². The van der Waals surface area contributed by atoms with Gasteiger partial charge in [-0.25, -0.2) is 9.59 Å². The van der Waals surface area contributed by atoms with Gasteiger partial charge in [-0.2, -0.15) is 0 Å². The average molecular weight is 421 g/mol. The Hall–Kier alpha value is -2.44. The summed E-state index contributed by atoms with van der Waals surface area (Å²) in [5.41, 5.74) is 1.23. The van der Waals surface area contributed by atoms with Crippen LogP contribution in [0.3, 0.4) is 0 Å². The number of urea groups is 2. The molecular weight excluding hydrogens is 399 g/mol. The second-order valence-electron chi connectivity index (χ2n) is 6.72. The second kappa shape index (κ2) is 9.66. The predicted octanol–water partition coefficient (Wildman–Crippen LogP) is 5.25. The number of hydrogen-bond donors (Lipinski definition) is 4. The number of benzene rings is 2. The molecule has 2 atom stereocenters. The monoisotopic (exact) mass is 420 g/mol. The Bertz CT molecular complexity index is 777. The minimum Gasteiger partial charge on any atom is -0.333 e. The SMILES string of the molecule is O=C(Nc1cccc(Cl)c1)N[C@H]1CCCC[C@@H]1NC(=O)Nc1cccc(Cl)c1. The molecule has 0 bridgehead atoms. The van der Waals surface area contributed by atoms with E-state index in [1.165, 1.54) is 0 Å². The Morgan fingerprint density at radius 1 is 0.750 bits per heavy atom. The summed E-state index contributed by atoms with van der Waals surface area (Å²) in [6.45, 7) is 0. The minimum atomic E-state index is -0.323. The quantitative estimate of drug-likeness (QED) is 0.544. The van der Waals surface area contributed by atoms with E-state index in [9.17, 15) is 9.59 Å². The van der Waals surface area contributed by atoms with E-state index in [-0.39, 0.29) is 24.1 Å². The molecule has 8 heteroatoms. The van der Waals surface area contributed by atoms with Crippen molar-refractivity contribution in [2.75, 3.05) is 10.6 Å². The van der Waals surface area contributed by atoms with E-state index in [1.54, 1.807) is 48.5 Å². The van der Waals surface area contributed by atoms with Gasteiger partial charge in [-0.1, -0.05) is 48.2 Å². The third-order valence-electron chi connectivity index (χ3n) is 4.56. The number of halogens is 2. The van der Waals surface area contributed by atoms with Crippen molar-refractivity contribution in [3.8, 4) is 0 Å². The number of amides is 4. The highest BCUT2D eigenvalue weighted by Gasteiger charge is 2.28. The summed E-state index contributed by atoms with van der Waals surface area (Å²) >= 11 is 11.9. The molecule has 4 amide bonds. The molecule has 4 N–H and O–H groups in total. The van der Waals surface area contributed by atoms with E-state index in [2.05, 4.69) is 21.3 Å². The Kier molecular flexibility index (Phi) is 7.01. The van der Waals surface area contributed by atoms with Crippen molar-refractivity contribution in [2.24, 2.45) is 0 Å². The predicted molar refractivity (Wildman–Crippen MR) is 113 cm³/mol. The van der Waals surface area contributed by atoms with Crippen molar-refractivity contribution in [3.05, 3.63) is 58.6 Å². The lowest BCUT2D eigenvalue weighted by Gasteiger charge is -2.32. The zero-order valence-electron chi connectivity index (χ0n) is 15.2. The van der Waals surface area contributed by atoms with Crippen molar-refractivity contribution in [1.29, 1.82) is 0 Å². The van der Waals surface area contributed by atoms with Gasteiger partial charge in [0.05, 0.1) is 12.1 Å². The van der Waals surface area contributed by atoms with Crippen LogP contribution >= 0.6 is 23.2 Å². The van der Waals surface area contributed by atoms with Crippen LogP contribution in [0.2, 0.25) is 10.0 Å². The maximum atomic E-state index is 12.3. The molecule has 2 aromatic rings. The van der Waals surface area contributed by atoms with E-state index in [0.29, 0.717) is 21.4 Å². The topological polar surface area (TPSA) is 82.3 Å². The minimum absolute atomic E-state index is 0.155. The van der Waals surface area contributed by atoms with Crippen LogP contribution in [0.1, 0.15) is 25.7 Å². The fourth-order valence-corrected chi connectivity index (χ4v) is 3.66. The molecule has 0 spiro atoms. The summed E-state index contributed by atoms with van der Waals surface area (Å²) in [4.78, 5) is 24.7. The molecule has 0 aromatic heterocycles. The third kappa shape index (κ3) is 6.04. The van der Waals surface area contributed by atoms with Crippen LogP contribution in [0.15, 0.2) is 48.5 Å². The van der Waals surface area contributed by atoms with E-state index >= 15 is 0 Å². The normalized spacial score (nSPS) is 18.8. The Labute approximate surface area is 174 Å². The molecule has 1 aliphatic carbocycles. The molecule has 148 valence electrons. The first kappa shape index (κ1) is 20.3. The third-order valence-corrected chi connectivity index (χ3v) is 5.03. The first-order valence-corrected chi connectivity index (χ1v) is 9.91. The van der Waals surface area contributed by atoms with E-state index in [1.807, 2.05) is 0 Å². The molecule has 2 aromatic carbocycles. The van der Waals surface area contributed by atoms with Crippen LogP contribution in [-0.4, -0.2) is 24.1 Å². The first-order valence-electron chi connectivity index (χ1n) is 9.16. The summed E-state index contributed by atoms with van der Waals surface area (Å²) in [7, 11) is 0. The maximum Gasteiger partial charge on any atom is 0.319 e. The van der Waals surface area contributed by atoms with Gasteiger partial charge in [0.1, 0.15) is 0 Å². The molecule has 0 unspecified atom stereocenters. The molecule has 28 heavy (non-hydrogen) atoms. The Balaban J connectivity index is 1.55. The molecular formula is C20H22Cl2N4O2. The molecule has 1 saturated carbocycles. The Morgan fingerprint density at radius 2 is 1.18 bits per heavy atom. The standard InChI is InChI=1S/C20H22Cl2N4O2/c21-13-5-3-7-15(11-13)23-19(27)25-17-9-1-2-10-18(17)26-20(28)24-16-8-4-6-14(22)12-16/h3-8,11-12,17-18H,1-2,9-10H2,(H2,23,25,27)(H2,24,26,28)/t17-,18-/m0/s1. The maximum absolute atomic E-state index is 12.3. The van der Waals surface area contributed by atoms with Crippen LogP contribution in [0.4, 0.5) is 21.0 Å². The summed E-state index contributed by atoms with van der Waals surface area (Å²) in [6.07, 6.45) is 3.59. The van der Waals surface area contributed by atoms with Crippen molar-refractivity contribution in [1.82, 2.24) is 10.6 Å². The highest BCUT2D eigenvalue weighted by molar-refractivity contribution is 6.31. The van der Waals surface area contributed by atoms with Gasteiger partial charge >= 0.3 is 12.1 Å². The van der Waals surface area contributed by atoms with E-state index in [4.69, 9.17) is 23.2 Å². The van der Waals surface area contributed by atoms with Crippen molar-refractivity contribution in [3.63, 3.8) is 0 Å².